The first-order chi connectivity index (χ1) is 20.1. The molecule has 2 N–H and O–H groups in total. The van der Waals surface area contributed by atoms with Crippen molar-refractivity contribution < 1.29 is 48.0 Å². The van der Waals surface area contributed by atoms with Crippen molar-refractivity contribution in [1.29, 1.82) is 0 Å². The molecule has 42 heavy (non-hydrogen) atoms. The Bertz CT molecular complexity index is 1900. The van der Waals surface area contributed by atoms with Gasteiger partial charge in [0.1, 0.15) is 22.5 Å². The van der Waals surface area contributed by atoms with Gasteiger partial charge >= 0.3 is 23.5 Å². The summed E-state index contributed by atoms with van der Waals surface area (Å²) in [4.78, 5) is 59.2. The SMILES string of the molecule is COc1ccc(C(=O)C(=O)OC(=O)c2cc3ccccc3oc2=O)cc1OC.O=C(O)c1cc2ccccc2cc1O. The molecule has 0 saturated carbocycles. The highest BCUT2D eigenvalue weighted by molar-refractivity contribution is 6.42. The predicted octanol–water partition coefficient (Wildman–Crippen LogP) is 4.62. The number of ketones is 1. The number of rotatable bonds is 6. The van der Waals surface area contributed by atoms with Crippen LogP contribution in [0.5, 0.6) is 17.2 Å². The summed E-state index contributed by atoms with van der Waals surface area (Å²) < 4.78 is 19.7. The number of Topliss-reactive ketones (excluding diaryl/α,β-unsaturated/α-hetero) is 1. The molecule has 0 aliphatic carbocycles. The number of fused-ring (bicyclic) bond motifs is 2. The van der Waals surface area contributed by atoms with E-state index < -0.39 is 34.9 Å². The standard InChI is InChI=1S/C20H14O8.C11H8O3/c1-25-15-8-7-12(10-16(15)26-2)17(21)20(24)28-19(23)13-9-11-5-3-4-6-14(11)27-18(13)22;12-10-6-8-4-2-1-3-7(8)5-9(10)11(13)14/h3-10H,1-2H3;1-6,12H,(H,13,14). The number of methoxy groups -OCH3 is 2. The molecule has 0 radical (unpaired) electrons. The van der Waals surface area contributed by atoms with E-state index in [1.165, 1.54) is 50.6 Å². The molecule has 0 saturated heterocycles. The maximum absolute atomic E-state index is 12.3. The largest absolute Gasteiger partial charge is 0.507 e. The molecular weight excluding hydrogens is 548 g/mol. The Kier molecular flexibility index (Phi) is 8.62. The number of hydrogen-bond acceptors (Lipinski definition) is 10. The highest BCUT2D eigenvalue weighted by Gasteiger charge is 2.25. The summed E-state index contributed by atoms with van der Waals surface area (Å²) in [7, 11) is 2.79. The van der Waals surface area contributed by atoms with Crippen LogP contribution in [0.4, 0.5) is 0 Å². The Morgan fingerprint density at radius 1 is 0.714 bits per heavy atom. The predicted molar refractivity (Wildman–Crippen MR) is 149 cm³/mol. The Balaban J connectivity index is 0.000000241. The Morgan fingerprint density at radius 2 is 1.31 bits per heavy atom. The Morgan fingerprint density at radius 3 is 1.95 bits per heavy atom. The van der Waals surface area contributed by atoms with Gasteiger partial charge in [-0.25, -0.2) is 19.2 Å². The maximum atomic E-state index is 12.3. The zero-order valence-electron chi connectivity index (χ0n) is 22.2. The summed E-state index contributed by atoms with van der Waals surface area (Å²) in [5.74, 6) is -4.54. The van der Waals surface area contributed by atoms with Gasteiger partial charge in [0.05, 0.1) is 14.2 Å². The second-order valence-electron chi connectivity index (χ2n) is 8.58. The zero-order valence-corrected chi connectivity index (χ0v) is 22.2. The fourth-order valence-electron chi connectivity index (χ4n) is 3.88. The molecule has 1 aromatic heterocycles. The van der Waals surface area contributed by atoms with E-state index in [9.17, 15) is 29.1 Å². The number of para-hydroxylation sites is 1. The fraction of sp³-hybridized carbons (Fsp3) is 0.0645. The van der Waals surface area contributed by atoms with Crippen molar-refractivity contribution in [3.05, 3.63) is 112 Å². The van der Waals surface area contributed by atoms with Gasteiger partial charge in [0.25, 0.3) is 5.78 Å². The van der Waals surface area contributed by atoms with Crippen LogP contribution in [0, 0.1) is 0 Å². The van der Waals surface area contributed by atoms with Gasteiger partial charge in [-0.3, -0.25) is 4.79 Å². The highest BCUT2D eigenvalue weighted by Crippen LogP contribution is 2.28. The van der Waals surface area contributed by atoms with E-state index in [1.807, 2.05) is 18.2 Å². The van der Waals surface area contributed by atoms with Gasteiger partial charge in [-0.15, -0.1) is 0 Å². The quantitative estimate of drug-likeness (QED) is 0.0961. The molecule has 0 spiro atoms. The molecule has 5 rings (SSSR count). The molecule has 5 aromatic rings. The first kappa shape index (κ1) is 29.0. The van der Waals surface area contributed by atoms with Crippen molar-refractivity contribution >= 4 is 45.4 Å². The Labute approximate surface area is 237 Å². The third kappa shape index (κ3) is 6.26. The highest BCUT2D eigenvalue weighted by atomic mass is 16.6. The number of carbonyl (C=O) groups is 4. The zero-order chi connectivity index (χ0) is 30.4. The van der Waals surface area contributed by atoms with Crippen molar-refractivity contribution in [2.75, 3.05) is 14.2 Å². The van der Waals surface area contributed by atoms with Crippen LogP contribution in [0.2, 0.25) is 0 Å². The molecule has 0 aliphatic rings. The van der Waals surface area contributed by atoms with Gasteiger partial charge in [0.2, 0.25) is 0 Å². The minimum atomic E-state index is -1.44. The third-order valence-electron chi connectivity index (χ3n) is 5.97. The molecule has 0 unspecified atom stereocenters. The number of phenols is 1. The fourth-order valence-corrected chi connectivity index (χ4v) is 3.88. The van der Waals surface area contributed by atoms with E-state index in [0.29, 0.717) is 11.1 Å². The normalized spacial score (nSPS) is 10.3. The minimum absolute atomic E-state index is 0.0660. The average molecular weight is 571 g/mol. The molecule has 11 heteroatoms. The lowest BCUT2D eigenvalue weighted by molar-refractivity contribution is -0.132. The van der Waals surface area contributed by atoms with Gasteiger partial charge in [0.15, 0.2) is 11.5 Å². The van der Waals surface area contributed by atoms with Crippen molar-refractivity contribution in [3.8, 4) is 17.2 Å². The second-order valence-corrected chi connectivity index (χ2v) is 8.58. The van der Waals surface area contributed by atoms with E-state index in [0.717, 1.165) is 10.8 Å². The monoisotopic (exact) mass is 570 g/mol. The molecule has 212 valence electrons. The van der Waals surface area contributed by atoms with E-state index in [-0.39, 0.29) is 28.2 Å². The molecule has 0 aliphatic heterocycles. The summed E-state index contributed by atoms with van der Waals surface area (Å²) >= 11 is 0. The lowest BCUT2D eigenvalue weighted by atomic mass is 10.1. The second kappa shape index (κ2) is 12.5. The first-order valence-electron chi connectivity index (χ1n) is 12.1. The maximum Gasteiger partial charge on any atom is 0.387 e. The summed E-state index contributed by atoms with van der Waals surface area (Å²) in [6, 6.07) is 22.0. The molecule has 1 heterocycles. The molecule has 0 bridgehead atoms. The number of esters is 2. The summed E-state index contributed by atoms with van der Waals surface area (Å²) in [6.45, 7) is 0. The summed E-state index contributed by atoms with van der Waals surface area (Å²) in [5, 5.41) is 20.3. The van der Waals surface area contributed by atoms with Gasteiger partial charge < -0.3 is 28.8 Å². The van der Waals surface area contributed by atoms with Gasteiger partial charge in [-0.2, -0.15) is 0 Å². The topological polar surface area (TPSA) is 167 Å². The van der Waals surface area contributed by atoms with Crippen LogP contribution in [0.25, 0.3) is 21.7 Å². The van der Waals surface area contributed by atoms with Crippen molar-refractivity contribution in [2.24, 2.45) is 0 Å². The number of carboxylic acid groups (broad SMARTS) is 1. The molecule has 0 atom stereocenters. The number of carbonyl (C=O) groups excluding carboxylic acids is 3. The van der Waals surface area contributed by atoms with Gasteiger partial charge in [0, 0.05) is 10.9 Å². The number of aromatic carboxylic acids is 1. The van der Waals surface area contributed by atoms with E-state index in [4.69, 9.17) is 19.0 Å². The third-order valence-corrected chi connectivity index (χ3v) is 5.97. The van der Waals surface area contributed by atoms with Crippen LogP contribution < -0.4 is 15.1 Å². The lowest BCUT2D eigenvalue weighted by Gasteiger charge is -2.08. The van der Waals surface area contributed by atoms with Crippen LogP contribution in [-0.4, -0.2) is 48.1 Å². The molecule has 4 aromatic carbocycles. The smallest absolute Gasteiger partial charge is 0.387 e. The van der Waals surface area contributed by atoms with Crippen LogP contribution in [-0.2, 0) is 9.53 Å². The van der Waals surface area contributed by atoms with Gasteiger partial charge in [-0.05, 0) is 53.2 Å². The number of benzene rings is 4. The average Bonchev–Trinajstić information content (AvgIpc) is 2.99. The number of hydrogen-bond donors (Lipinski definition) is 2. The number of aromatic hydroxyl groups is 1. The number of ether oxygens (including phenoxy) is 3. The Hall–Kier alpha value is -5.97. The van der Waals surface area contributed by atoms with Crippen molar-refractivity contribution in [1.82, 2.24) is 0 Å². The molecule has 11 nitrogen and oxygen atoms in total. The lowest BCUT2D eigenvalue weighted by Crippen LogP contribution is -2.24. The molecule has 0 amide bonds. The van der Waals surface area contributed by atoms with Crippen LogP contribution in [0.3, 0.4) is 0 Å². The summed E-state index contributed by atoms with van der Waals surface area (Å²) in [5.41, 5.74) is -1.33. The minimum Gasteiger partial charge on any atom is -0.507 e. The molecular formula is C31H22O11. The molecule has 0 fully saturated rings. The van der Waals surface area contributed by atoms with Crippen LogP contribution in [0.15, 0.2) is 94.1 Å². The van der Waals surface area contributed by atoms with Crippen LogP contribution >= 0.6 is 0 Å². The van der Waals surface area contributed by atoms with E-state index in [2.05, 4.69) is 4.74 Å². The number of carboxylic acids is 1. The first-order valence-corrected chi connectivity index (χ1v) is 12.1. The summed E-state index contributed by atoms with van der Waals surface area (Å²) in [6.07, 6.45) is 0. The van der Waals surface area contributed by atoms with Crippen LogP contribution in [0.1, 0.15) is 31.1 Å². The van der Waals surface area contributed by atoms with Crippen molar-refractivity contribution in [2.45, 2.75) is 0 Å². The van der Waals surface area contributed by atoms with Gasteiger partial charge in [-0.1, -0.05) is 42.5 Å². The van der Waals surface area contributed by atoms with Crippen molar-refractivity contribution in [3.63, 3.8) is 0 Å². The van der Waals surface area contributed by atoms with E-state index in [1.54, 1.807) is 30.3 Å². The van der Waals surface area contributed by atoms with E-state index >= 15 is 0 Å².